The number of alkyl halides is 3. The lowest BCUT2D eigenvalue weighted by atomic mass is 9.98. The minimum atomic E-state index is -4.86. The molecule has 29 heavy (non-hydrogen) atoms. The van der Waals surface area contributed by atoms with Gasteiger partial charge in [-0.25, -0.2) is 8.42 Å². The van der Waals surface area contributed by atoms with Gasteiger partial charge in [0, 0.05) is 31.0 Å². The van der Waals surface area contributed by atoms with Crippen LogP contribution in [0.5, 0.6) is 5.75 Å². The van der Waals surface area contributed by atoms with Gasteiger partial charge < -0.3 is 4.74 Å². The molecule has 0 N–H and O–H groups in total. The fourth-order valence-electron chi connectivity index (χ4n) is 4.64. The number of nitrogens with zero attached hydrogens (tertiary/aromatic N) is 2. The fourth-order valence-corrected chi connectivity index (χ4v) is 6.54. The molecule has 4 rings (SSSR count). The maximum absolute atomic E-state index is 13.1. The predicted molar refractivity (Wildman–Crippen MR) is 93.1 cm³/mol. The van der Waals surface area contributed by atoms with Crippen LogP contribution in [-0.4, -0.2) is 53.9 Å². The molecule has 0 saturated carbocycles. The van der Waals surface area contributed by atoms with E-state index in [1.54, 1.807) is 0 Å². The van der Waals surface area contributed by atoms with Crippen molar-refractivity contribution < 1.29 is 35.9 Å². The van der Waals surface area contributed by atoms with Crippen LogP contribution in [0.2, 0.25) is 0 Å². The summed E-state index contributed by atoms with van der Waals surface area (Å²) in [5.41, 5.74) is 0. The van der Waals surface area contributed by atoms with Crippen molar-refractivity contribution in [1.82, 2.24) is 9.21 Å². The summed E-state index contributed by atoms with van der Waals surface area (Å²) in [5, 5.41) is 0. The summed E-state index contributed by atoms with van der Waals surface area (Å²) in [6.45, 7) is 0. The van der Waals surface area contributed by atoms with Gasteiger partial charge in [0.25, 0.3) is 0 Å². The number of halogens is 3. The Morgan fingerprint density at radius 1 is 0.897 bits per heavy atom. The number of fused-ring (bicyclic) bond motifs is 2. The molecule has 3 fully saturated rings. The quantitative estimate of drug-likeness (QED) is 0.683. The topological polar surface area (TPSA) is 84.0 Å². The van der Waals surface area contributed by atoms with Crippen LogP contribution in [0.25, 0.3) is 0 Å². The van der Waals surface area contributed by atoms with Gasteiger partial charge in [-0.3, -0.25) is 14.5 Å². The fraction of sp³-hybridized carbons (Fsp3) is 0.556. The lowest BCUT2D eigenvalue weighted by Crippen LogP contribution is -2.53. The van der Waals surface area contributed by atoms with Crippen LogP contribution in [0.4, 0.5) is 13.2 Å². The number of rotatable bonds is 4. The second kappa shape index (κ2) is 6.98. The van der Waals surface area contributed by atoms with Crippen molar-refractivity contribution in [2.75, 3.05) is 0 Å². The van der Waals surface area contributed by atoms with Crippen LogP contribution in [-0.2, 0) is 19.6 Å². The van der Waals surface area contributed by atoms with Crippen molar-refractivity contribution in [3.63, 3.8) is 0 Å². The normalized spacial score (nSPS) is 28.2. The first-order valence-electron chi connectivity index (χ1n) is 9.30. The molecule has 0 aromatic heterocycles. The predicted octanol–water partition coefficient (Wildman–Crippen LogP) is 2.42. The summed E-state index contributed by atoms with van der Waals surface area (Å²) in [6, 6.07) is 3.12. The molecule has 2 atom stereocenters. The molecule has 0 spiro atoms. The molecule has 3 aliphatic heterocycles. The maximum atomic E-state index is 13.1. The lowest BCUT2D eigenvalue weighted by Gasteiger charge is -2.40. The van der Waals surface area contributed by atoms with E-state index >= 15 is 0 Å². The number of imide groups is 1. The van der Waals surface area contributed by atoms with Crippen molar-refractivity contribution in [2.24, 2.45) is 0 Å². The zero-order valence-electron chi connectivity index (χ0n) is 15.3. The van der Waals surface area contributed by atoms with E-state index in [9.17, 15) is 31.2 Å². The van der Waals surface area contributed by atoms with Crippen LogP contribution >= 0.6 is 0 Å². The van der Waals surface area contributed by atoms with Gasteiger partial charge in [0.1, 0.15) is 5.75 Å². The number of carbonyl (C=O) groups excluding carboxylic acids is 2. The summed E-state index contributed by atoms with van der Waals surface area (Å²) in [5.74, 6) is -0.920. The van der Waals surface area contributed by atoms with Gasteiger partial charge in [0.05, 0.1) is 4.90 Å². The molecule has 3 heterocycles. The van der Waals surface area contributed by atoms with Gasteiger partial charge in [-0.1, -0.05) is 0 Å². The number of hydrogen-bond acceptors (Lipinski definition) is 5. The van der Waals surface area contributed by atoms with Crippen LogP contribution < -0.4 is 4.74 Å². The van der Waals surface area contributed by atoms with Crippen LogP contribution in [0, 0.1) is 0 Å². The van der Waals surface area contributed by atoms with Gasteiger partial charge >= 0.3 is 6.36 Å². The van der Waals surface area contributed by atoms with Gasteiger partial charge in [-0.05, 0) is 49.9 Å². The zero-order chi connectivity index (χ0) is 21.0. The average molecular weight is 432 g/mol. The molecule has 2 bridgehead atoms. The molecule has 7 nitrogen and oxygen atoms in total. The SMILES string of the molecule is O=C1CCC(=O)N1C1CC2CCC(C1)N2S(=O)(=O)c1ccc(OC(F)(F)F)cc1. The van der Waals surface area contributed by atoms with Gasteiger partial charge in [-0.2, -0.15) is 4.31 Å². The van der Waals surface area contributed by atoms with E-state index < -0.39 is 22.1 Å². The van der Waals surface area contributed by atoms with E-state index in [4.69, 9.17) is 0 Å². The Balaban J connectivity index is 1.53. The number of benzene rings is 1. The highest BCUT2D eigenvalue weighted by atomic mass is 32.2. The third-order valence-corrected chi connectivity index (χ3v) is 7.75. The Labute approximate surface area is 165 Å². The molecule has 3 aliphatic rings. The molecule has 1 aromatic carbocycles. The third-order valence-electron chi connectivity index (χ3n) is 5.73. The Bertz CT molecular complexity index is 902. The molecule has 1 aromatic rings. The first kappa shape index (κ1) is 20.1. The van der Waals surface area contributed by atoms with Crippen molar-refractivity contribution in [3.8, 4) is 5.75 Å². The number of piperidine rings is 1. The molecule has 2 amide bonds. The first-order chi connectivity index (χ1) is 13.6. The third kappa shape index (κ3) is 3.73. The van der Waals surface area contributed by atoms with Crippen molar-refractivity contribution >= 4 is 21.8 Å². The van der Waals surface area contributed by atoms with E-state index in [0.717, 1.165) is 24.3 Å². The number of ether oxygens (including phenoxy) is 1. The smallest absolute Gasteiger partial charge is 0.406 e. The van der Waals surface area contributed by atoms with Gasteiger partial charge in [0.2, 0.25) is 21.8 Å². The number of sulfonamides is 1. The van der Waals surface area contributed by atoms with Crippen molar-refractivity contribution in [2.45, 2.75) is 67.9 Å². The monoisotopic (exact) mass is 432 g/mol. The zero-order valence-corrected chi connectivity index (χ0v) is 16.1. The molecular formula is C18H19F3N2O5S. The number of hydrogen-bond donors (Lipinski definition) is 0. The van der Waals surface area contributed by atoms with Crippen molar-refractivity contribution in [1.29, 1.82) is 0 Å². The lowest BCUT2D eigenvalue weighted by molar-refractivity contribution is -0.274. The summed E-state index contributed by atoms with van der Waals surface area (Å²) >= 11 is 0. The number of carbonyl (C=O) groups is 2. The summed E-state index contributed by atoms with van der Waals surface area (Å²) in [6.07, 6.45) is -2.48. The molecule has 158 valence electrons. The highest BCUT2D eigenvalue weighted by Gasteiger charge is 2.50. The molecule has 0 aliphatic carbocycles. The average Bonchev–Trinajstić information content (AvgIpc) is 3.10. The molecule has 11 heteroatoms. The minimum absolute atomic E-state index is 0.115. The minimum Gasteiger partial charge on any atom is -0.406 e. The Kier molecular flexibility index (Phi) is 4.85. The van der Waals surface area contributed by atoms with Crippen LogP contribution in [0.3, 0.4) is 0 Å². The Hall–Kier alpha value is -2.14. The van der Waals surface area contributed by atoms with E-state index in [0.29, 0.717) is 25.7 Å². The van der Waals surface area contributed by atoms with Crippen molar-refractivity contribution in [3.05, 3.63) is 24.3 Å². The summed E-state index contributed by atoms with van der Waals surface area (Å²) < 4.78 is 68.3. The Morgan fingerprint density at radius 3 is 1.90 bits per heavy atom. The van der Waals surface area contributed by atoms with Gasteiger partial charge in [0.15, 0.2) is 0 Å². The maximum Gasteiger partial charge on any atom is 0.573 e. The second-order valence-electron chi connectivity index (χ2n) is 7.52. The second-order valence-corrected chi connectivity index (χ2v) is 9.37. The summed E-state index contributed by atoms with van der Waals surface area (Å²) in [7, 11) is -3.92. The Morgan fingerprint density at radius 2 is 1.41 bits per heavy atom. The largest absolute Gasteiger partial charge is 0.573 e. The van der Waals surface area contributed by atoms with E-state index in [2.05, 4.69) is 4.74 Å². The standard InChI is InChI=1S/C18H19F3N2O5S/c19-18(20,21)28-14-3-5-15(6-4-14)29(26,27)23-11-1-2-12(23)10-13(9-11)22-16(24)7-8-17(22)25/h3-6,11-13H,1-2,7-10H2. The van der Waals surface area contributed by atoms with Gasteiger partial charge in [-0.15, -0.1) is 13.2 Å². The molecule has 0 radical (unpaired) electrons. The van der Waals surface area contributed by atoms with Crippen LogP contribution in [0.15, 0.2) is 29.2 Å². The van der Waals surface area contributed by atoms with E-state index in [1.807, 2.05) is 0 Å². The molecule has 3 saturated heterocycles. The number of likely N-dealkylation sites (tertiary alicyclic amines) is 1. The van der Waals surface area contributed by atoms with Crippen LogP contribution in [0.1, 0.15) is 38.5 Å². The van der Waals surface area contributed by atoms with E-state index in [-0.39, 0.29) is 47.7 Å². The highest BCUT2D eigenvalue weighted by Crippen LogP contribution is 2.42. The molecular weight excluding hydrogens is 413 g/mol. The van der Waals surface area contributed by atoms with E-state index in [1.165, 1.54) is 9.21 Å². The summed E-state index contributed by atoms with van der Waals surface area (Å²) in [4.78, 5) is 25.2. The first-order valence-corrected chi connectivity index (χ1v) is 10.7. The highest BCUT2D eigenvalue weighted by molar-refractivity contribution is 7.89. The molecule has 2 unspecified atom stereocenters. The number of amides is 2.